The molecule has 0 unspecified atom stereocenters. The third-order valence-corrected chi connectivity index (χ3v) is 1.86. The van der Waals surface area contributed by atoms with Gasteiger partial charge in [0.05, 0.1) is 9.85 Å². The first kappa shape index (κ1) is 7.86. The molecule has 0 aromatic heterocycles. The van der Waals surface area contributed by atoms with Crippen molar-refractivity contribution in [2.45, 2.75) is 24.5 Å². The van der Waals surface area contributed by atoms with Gasteiger partial charge >= 0.3 is 5.66 Å². The van der Waals surface area contributed by atoms with Gasteiger partial charge in [-0.25, -0.2) is 0 Å². The Morgan fingerprint density at radius 3 is 1.73 bits per heavy atom. The highest BCUT2D eigenvalue weighted by molar-refractivity contribution is 4.89. The molecule has 0 aromatic rings. The van der Waals surface area contributed by atoms with E-state index in [1.165, 1.54) is 0 Å². The Balaban J connectivity index is 2.77. The van der Waals surface area contributed by atoms with Crippen molar-refractivity contribution in [1.82, 2.24) is 0 Å². The number of nitrogens with zero attached hydrogens (tertiary/aromatic N) is 2. The highest BCUT2D eigenvalue weighted by atomic mass is 16.7. The fourth-order valence-corrected chi connectivity index (χ4v) is 1.14. The first-order valence-electron chi connectivity index (χ1n) is 3.03. The lowest BCUT2D eigenvalue weighted by Gasteiger charge is -2.29. The van der Waals surface area contributed by atoms with Crippen molar-refractivity contribution in [2.75, 3.05) is 0 Å². The van der Waals surface area contributed by atoms with Crippen LogP contribution in [-0.2, 0) is 0 Å². The molecule has 0 bridgehead atoms. The molecule has 0 amide bonds. The van der Waals surface area contributed by atoms with Gasteiger partial charge in [0.1, 0.15) is 12.8 Å². The number of nitro groups is 2. The molecule has 1 fully saturated rings. The van der Waals surface area contributed by atoms with E-state index in [0.29, 0.717) is 0 Å². The average molecular weight is 161 g/mol. The van der Waals surface area contributed by atoms with Crippen LogP contribution < -0.4 is 5.73 Å². The van der Waals surface area contributed by atoms with Gasteiger partial charge in [-0.05, 0) is 0 Å². The quantitative estimate of drug-likeness (QED) is 0.328. The van der Waals surface area contributed by atoms with E-state index in [1.807, 2.05) is 0 Å². The van der Waals surface area contributed by atoms with E-state index in [-0.39, 0.29) is 12.8 Å². The van der Waals surface area contributed by atoms with Crippen LogP contribution in [-0.4, -0.2) is 21.6 Å². The van der Waals surface area contributed by atoms with Crippen molar-refractivity contribution in [3.8, 4) is 0 Å². The Kier molecular flexibility index (Phi) is 1.52. The highest BCUT2D eigenvalue weighted by Crippen LogP contribution is 2.34. The van der Waals surface area contributed by atoms with Gasteiger partial charge in [0.2, 0.25) is 0 Å². The maximum absolute atomic E-state index is 10.2. The van der Waals surface area contributed by atoms with Crippen LogP contribution in [0, 0.1) is 20.2 Å². The molecule has 1 saturated carbocycles. The molecule has 1 aliphatic carbocycles. The summed E-state index contributed by atoms with van der Waals surface area (Å²) >= 11 is 0. The Morgan fingerprint density at radius 1 is 1.27 bits per heavy atom. The topological polar surface area (TPSA) is 112 Å². The van der Waals surface area contributed by atoms with E-state index in [0.717, 1.165) is 0 Å². The minimum Gasteiger partial charge on any atom is -0.327 e. The molecule has 7 nitrogen and oxygen atoms in total. The second kappa shape index (κ2) is 2.12. The van der Waals surface area contributed by atoms with Gasteiger partial charge in [-0.1, -0.05) is 0 Å². The maximum Gasteiger partial charge on any atom is 0.461 e. The van der Waals surface area contributed by atoms with Crippen molar-refractivity contribution < 1.29 is 9.85 Å². The van der Waals surface area contributed by atoms with E-state index in [4.69, 9.17) is 5.73 Å². The van der Waals surface area contributed by atoms with Crippen LogP contribution in [0.3, 0.4) is 0 Å². The van der Waals surface area contributed by atoms with Gasteiger partial charge in [-0.3, -0.25) is 20.2 Å². The molecule has 0 atom stereocenters. The van der Waals surface area contributed by atoms with E-state index in [1.54, 1.807) is 0 Å². The third-order valence-electron chi connectivity index (χ3n) is 1.86. The Bertz CT molecular complexity index is 193. The first-order valence-corrected chi connectivity index (χ1v) is 3.03. The SMILES string of the molecule is NC1CC([N+](=O)[O-])([N+](=O)[O-])C1. The molecule has 1 aliphatic rings. The summed E-state index contributed by atoms with van der Waals surface area (Å²) in [5.74, 6) is 0. The fraction of sp³-hybridized carbons (Fsp3) is 1.00. The molecule has 0 radical (unpaired) electrons. The summed E-state index contributed by atoms with van der Waals surface area (Å²) in [6.07, 6.45) is -0.319. The van der Waals surface area contributed by atoms with Gasteiger partial charge in [0.25, 0.3) is 0 Å². The van der Waals surface area contributed by atoms with Crippen molar-refractivity contribution >= 4 is 0 Å². The number of rotatable bonds is 2. The molecule has 0 aromatic carbocycles. The zero-order valence-electron chi connectivity index (χ0n) is 5.60. The minimum atomic E-state index is -1.99. The van der Waals surface area contributed by atoms with Gasteiger partial charge < -0.3 is 5.73 Å². The molecule has 0 heterocycles. The largest absolute Gasteiger partial charge is 0.461 e. The van der Waals surface area contributed by atoms with Crippen LogP contribution >= 0.6 is 0 Å². The van der Waals surface area contributed by atoms with Crippen LogP contribution in [0.15, 0.2) is 0 Å². The van der Waals surface area contributed by atoms with Gasteiger partial charge in [0.15, 0.2) is 0 Å². The average Bonchev–Trinajstić information content (AvgIpc) is 1.78. The van der Waals surface area contributed by atoms with Gasteiger partial charge in [0, 0.05) is 6.04 Å². The summed E-state index contributed by atoms with van der Waals surface area (Å²) < 4.78 is 0. The predicted molar refractivity (Wildman–Crippen MR) is 33.9 cm³/mol. The summed E-state index contributed by atoms with van der Waals surface area (Å²) in [5.41, 5.74) is 3.23. The fourth-order valence-electron chi connectivity index (χ4n) is 1.14. The molecule has 0 saturated heterocycles. The van der Waals surface area contributed by atoms with Crippen molar-refractivity contribution in [1.29, 1.82) is 0 Å². The smallest absolute Gasteiger partial charge is 0.327 e. The predicted octanol–water partition coefficient (Wildman–Crippen LogP) is -0.643. The summed E-state index contributed by atoms with van der Waals surface area (Å²) in [6.45, 7) is 0. The molecule has 62 valence electrons. The van der Waals surface area contributed by atoms with Crippen LogP contribution in [0.1, 0.15) is 12.8 Å². The molecular weight excluding hydrogens is 154 g/mol. The number of hydrogen-bond donors (Lipinski definition) is 1. The second-order valence-electron chi connectivity index (χ2n) is 2.67. The third kappa shape index (κ3) is 0.929. The lowest BCUT2D eigenvalue weighted by atomic mass is 9.81. The van der Waals surface area contributed by atoms with E-state index in [2.05, 4.69) is 0 Å². The van der Waals surface area contributed by atoms with Crippen LogP contribution in [0.5, 0.6) is 0 Å². The van der Waals surface area contributed by atoms with Crippen LogP contribution in [0.2, 0.25) is 0 Å². The summed E-state index contributed by atoms with van der Waals surface area (Å²) in [6, 6.07) is -0.397. The number of hydrogen-bond acceptors (Lipinski definition) is 5. The van der Waals surface area contributed by atoms with Crippen LogP contribution in [0.25, 0.3) is 0 Å². The number of nitrogens with two attached hydrogens (primary N) is 1. The molecule has 0 spiro atoms. The normalized spacial score (nSPS) is 22.3. The van der Waals surface area contributed by atoms with E-state index in [9.17, 15) is 20.2 Å². The lowest BCUT2D eigenvalue weighted by molar-refractivity contribution is -0.811. The standard InChI is InChI=1S/C4H7N3O4/c5-3-1-4(2-3,6(8)9)7(10)11/h3H,1-2,5H2. The molecule has 2 N–H and O–H groups in total. The van der Waals surface area contributed by atoms with E-state index < -0.39 is 21.6 Å². The molecule has 0 aliphatic heterocycles. The monoisotopic (exact) mass is 161 g/mol. The second-order valence-corrected chi connectivity index (χ2v) is 2.67. The first-order chi connectivity index (χ1) is 4.99. The van der Waals surface area contributed by atoms with E-state index >= 15 is 0 Å². The maximum atomic E-state index is 10.2. The van der Waals surface area contributed by atoms with Gasteiger partial charge in [-0.15, -0.1) is 0 Å². The van der Waals surface area contributed by atoms with Crippen molar-refractivity contribution in [3.63, 3.8) is 0 Å². The Morgan fingerprint density at radius 2 is 1.64 bits per heavy atom. The lowest BCUT2D eigenvalue weighted by Crippen LogP contribution is -2.61. The Labute approximate surface area is 61.5 Å². The van der Waals surface area contributed by atoms with Gasteiger partial charge in [-0.2, -0.15) is 0 Å². The molecule has 7 heteroatoms. The van der Waals surface area contributed by atoms with Crippen LogP contribution in [0.4, 0.5) is 0 Å². The zero-order chi connectivity index (χ0) is 8.65. The zero-order valence-corrected chi connectivity index (χ0v) is 5.60. The summed E-state index contributed by atoms with van der Waals surface area (Å²) in [7, 11) is 0. The summed E-state index contributed by atoms with van der Waals surface area (Å²) in [5, 5.41) is 20.4. The summed E-state index contributed by atoms with van der Waals surface area (Å²) in [4.78, 5) is 18.7. The highest BCUT2D eigenvalue weighted by Gasteiger charge is 2.65. The molecule has 1 rings (SSSR count). The molecule has 11 heavy (non-hydrogen) atoms. The molecular formula is C4H7N3O4. The van der Waals surface area contributed by atoms with Crippen molar-refractivity contribution in [3.05, 3.63) is 20.2 Å². The van der Waals surface area contributed by atoms with Crippen molar-refractivity contribution in [2.24, 2.45) is 5.73 Å². The Hall–Kier alpha value is -1.24. The minimum absolute atomic E-state index is 0.160.